The number of carbonyl (C=O) groups is 1. The van der Waals surface area contributed by atoms with E-state index in [4.69, 9.17) is 4.74 Å². The molecular formula is C9H9FO3. The molecule has 4 heteroatoms. The third kappa shape index (κ3) is 2.74. The quantitative estimate of drug-likeness (QED) is 0.651. The first-order valence-electron chi connectivity index (χ1n) is 3.76. The second-order valence-electron chi connectivity index (χ2n) is 2.20. The van der Waals surface area contributed by atoms with Crippen LogP contribution in [0.1, 0.15) is 0 Å². The minimum absolute atomic E-state index is 0.0424. The van der Waals surface area contributed by atoms with Gasteiger partial charge in [0.25, 0.3) is 6.47 Å². The molecule has 0 fully saturated rings. The lowest BCUT2D eigenvalue weighted by Crippen LogP contribution is -2.00. The molecule has 0 amide bonds. The highest BCUT2D eigenvalue weighted by molar-refractivity contribution is 5.50. The zero-order valence-electron chi connectivity index (χ0n) is 6.90. The molecule has 0 bridgehead atoms. The number of hydrogen-bond donors (Lipinski definition) is 0. The molecule has 1 rings (SSSR count). The summed E-state index contributed by atoms with van der Waals surface area (Å²) >= 11 is 0. The molecule has 1 aromatic rings. The molecule has 0 unspecified atom stereocenters. The first-order chi connectivity index (χ1) is 6.38. The summed E-state index contributed by atoms with van der Waals surface area (Å²) in [6.07, 6.45) is 0. The van der Waals surface area contributed by atoms with Crippen LogP contribution in [0.3, 0.4) is 0 Å². The van der Waals surface area contributed by atoms with Crippen molar-refractivity contribution in [3.8, 4) is 11.5 Å². The Bertz CT molecular complexity index is 275. The van der Waals surface area contributed by atoms with Gasteiger partial charge in [-0.25, -0.2) is 4.39 Å². The van der Waals surface area contributed by atoms with Gasteiger partial charge in [0.2, 0.25) is 0 Å². The van der Waals surface area contributed by atoms with E-state index >= 15 is 0 Å². The van der Waals surface area contributed by atoms with Crippen LogP contribution in [0.2, 0.25) is 0 Å². The van der Waals surface area contributed by atoms with Crippen molar-refractivity contribution in [3.05, 3.63) is 24.3 Å². The molecule has 70 valence electrons. The third-order valence-electron chi connectivity index (χ3n) is 1.36. The van der Waals surface area contributed by atoms with Crippen molar-refractivity contribution in [3.63, 3.8) is 0 Å². The van der Waals surface area contributed by atoms with Crippen LogP contribution >= 0.6 is 0 Å². The minimum atomic E-state index is -0.574. The fourth-order valence-electron chi connectivity index (χ4n) is 0.867. The van der Waals surface area contributed by atoms with Gasteiger partial charge >= 0.3 is 0 Å². The molecule has 0 aromatic heterocycles. The Morgan fingerprint density at radius 1 is 1.31 bits per heavy atom. The van der Waals surface area contributed by atoms with Crippen LogP contribution in [-0.4, -0.2) is 19.8 Å². The lowest BCUT2D eigenvalue weighted by Gasteiger charge is -2.06. The van der Waals surface area contributed by atoms with E-state index in [2.05, 4.69) is 4.74 Å². The highest BCUT2D eigenvalue weighted by Gasteiger charge is 2.02. The molecule has 0 heterocycles. The van der Waals surface area contributed by atoms with Crippen molar-refractivity contribution in [1.29, 1.82) is 0 Å². The summed E-state index contributed by atoms with van der Waals surface area (Å²) in [7, 11) is 0. The Hall–Kier alpha value is -1.58. The highest BCUT2D eigenvalue weighted by atomic mass is 19.1. The predicted molar refractivity (Wildman–Crippen MR) is 44.6 cm³/mol. The van der Waals surface area contributed by atoms with E-state index < -0.39 is 6.67 Å². The third-order valence-corrected chi connectivity index (χ3v) is 1.36. The van der Waals surface area contributed by atoms with Crippen molar-refractivity contribution >= 4 is 6.47 Å². The van der Waals surface area contributed by atoms with Crippen LogP contribution in [0.15, 0.2) is 24.3 Å². The first-order valence-corrected chi connectivity index (χ1v) is 3.76. The van der Waals surface area contributed by atoms with Crippen molar-refractivity contribution in [1.82, 2.24) is 0 Å². The van der Waals surface area contributed by atoms with E-state index in [9.17, 15) is 9.18 Å². The number of hydrogen-bond acceptors (Lipinski definition) is 3. The maximum absolute atomic E-state index is 11.8. The number of halogens is 1. The standard InChI is InChI=1S/C9H9FO3/c10-5-6-12-8-3-1-2-4-9(8)13-7-11/h1-4,7H,5-6H2. The Labute approximate surface area is 75.1 Å². The second-order valence-corrected chi connectivity index (χ2v) is 2.20. The van der Waals surface area contributed by atoms with Gasteiger partial charge in [-0.1, -0.05) is 12.1 Å². The maximum Gasteiger partial charge on any atom is 0.298 e. The van der Waals surface area contributed by atoms with Gasteiger partial charge in [-0.3, -0.25) is 4.79 Å². The molecule has 0 N–H and O–H groups in total. The predicted octanol–water partition coefficient (Wildman–Crippen LogP) is 1.57. The SMILES string of the molecule is O=COc1ccccc1OCCF. The van der Waals surface area contributed by atoms with Crippen LogP contribution in [0, 0.1) is 0 Å². The van der Waals surface area contributed by atoms with Gasteiger partial charge in [0, 0.05) is 0 Å². The van der Waals surface area contributed by atoms with Crippen LogP contribution < -0.4 is 9.47 Å². The van der Waals surface area contributed by atoms with Crippen LogP contribution in [0.25, 0.3) is 0 Å². The summed E-state index contributed by atoms with van der Waals surface area (Å²) in [6, 6.07) is 6.59. The maximum atomic E-state index is 11.8. The monoisotopic (exact) mass is 184 g/mol. The molecule has 0 aliphatic heterocycles. The fraction of sp³-hybridized carbons (Fsp3) is 0.222. The summed E-state index contributed by atoms with van der Waals surface area (Å²) < 4.78 is 21.3. The smallest absolute Gasteiger partial charge is 0.298 e. The molecular weight excluding hydrogens is 175 g/mol. The summed E-state index contributed by atoms with van der Waals surface area (Å²) in [6.45, 7) is -0.313. The zero-order chi connectivity index (χ0) is 9.52. The molecule has 13 heavy (non-hydrogen) atoms. The lowest BCUT2D eigenvalue weighted by atomic mass is 10.3. The van der Waals surface area contributed by atoms with Crippen molar-refractivity contribution in [2.45, 2.75) is 0 Å². The van der Waals surface area contributed by atoms with E-state index in [0.29, 0.717) is 18.0 Å². The Morgan fingerprint density at radius 3 is 2.62 bits per heavy atom. The minimum Gasteiger partial charge on any atom is -0.487 e. The number of benzene rings is 1. The van der Waals surface area contributed by atoms with E-state index in [1.165, 1.54) is 0 Å². The van der Waals surface area contributed by atoms with E-state index in [1.54, 1.807) is 24.3 Å². The first kappa shape index (κ1) is 9.51. The molecule has 0 aliphatic rings. The molecule has 0 aliphatic carbocycles. The van der Waals surface area contributed by atoms with Gasteiger partial charge in [0.15, 0.2) is 11.5 Å². The van der Waals surface area contributed by atoms with Gasteiger partial charge < -0.3 is 9.47 Å². The van der Waals surface area contributed by atoms with Crippen LogP contribution in [0.5, 0.6) is 11.5 Å². The number of alkyl halides is 1. The second kappa shape index (κ2) is 5.13. The molecule has 0 saturated carbocycles. The van der Waals surface area contributed by atoms with Gasteiger partial charge in [0.1, 0.15) is 13.3 Å². The largest absolute Gasteiger partial charge is 0.487 e. The molecule has 3 nitrogen and oxygen atoms in total. The number of carbonyl (C=O) groups excluding carboxylic acids is 1. The number of rotatable bonds is 5. The van der Waals surface area contributed by atoms with Crippen LogP contribution in [-0.2, 0) is 4.79 Å². The number of ether oxygens (including phenoxy) is 2. The van der Waals surface area contributed by atoms with Gasteiger partial charge in [-0.2, -0.15) is 0 Å². The Balaban J connectivity index is 2.71. The summed E-state index contributed by atoms with van der Waals surface area (Å²) in [5, 5.41) is 0. The van der Waals surface area contributed by atoms with E-state index in [1.807, 2.05) is 0 Å². The van der Waals surface area contributed by atoms with Crippen molar-refractivity contribution < 1.29 is 18.7 Å². The Kier molecular flexibility index (Phi) is 3.75. The van der Waals surface area contributed by atoms with E-state index in [-0.39, 0.29) is 6.61 Å². The summed E-state index contributed by atoms with van der Waals surface area (Å²) in [5.74, 6) is 0.665. The van der Waals surface area contributed by atoms with E-state index in [0.717, 1.165) is 0 Å². The molecule has 0 spiro atoms. The lowest BCUT2D eigenvalue weighted by molar-refractivity contribution is -0.120. The average Bonchev–Trinajstić information content (AvgIpc) is 2.17. The summed E-state index contributed by atoms with van der Waals surface area (Å²) in [5.41, 5.74) is 0. The normalized spacial score (nSPS) is 9.31. The molecule has 1 aromatic carbocycles. The van der Waals surface area contributed by atoms with Crippen LogP contribution in [0.4, 0.5) is 4.39 Å². The molecule has 0 radical (unpaired) electrons. The number of para-hydroxylation sites is 2. The van der Waals surface area contributed by atoms with Crippen molar-refractivity contribution in [2.24, 2.45) is 0 Å². The molecule has 0 saturated heterocycles. The topological polar surface area (TPSA) is 35.5 Å². The van der Waals surface area contributed by atoms with Gasteiger partial charge in [0.05, 0.1) is 0 Å². The average molecular weight is 184 g/mol. The highest BCUT2D eigenvalue weighted by Crippen LogP contribution is 2.25. The molecule has 0 atom stereocenters. The van der Waals surface area contributed by atoms with Gasteiger partial charge in [-0.15, -0.1) is 0 Å². The Morgan fingerprint density at radius 2 is 2.00 bits per heavy atom. The summed E-state index contributed by atoms with van der Waals surface area (Å²) in [4.78, 5) is 10.0. The van der Waals surface area contributed by atoms with Gasteiger partial charge in [-0.05, 0) is 12.1 Å². The van der Waals surface area contributed by atoms with Crippen molar-refractivity contribution in [2.75, 3.05) is 13.3 Å². The zero-order valence-corrected chi connectivity index (χ0v) is 6.90. The fourth-order valence-corrected chi connectivity index (χ4v) is 0.867.